The summed E-state index contributed by atoms with van der Waals surface area (Å²) in [5.41, 5.74) is 2.64. The Morgan fingerprint density at radius 2 is 2.05 bits per heavy atom. The normalized spacial score (nSPS) is 23.6. The monoisotopic (exact) mass is 284 g/mol. The molecule has 0 spiro atoms. The highest BCUT2D eigenvalue weighted by molar-refractivity contribution is 5.79. The lowest BCUT2D eigenvalue weighted by Crippen LogP contribution is -2.42. The molecule has 0 unspecified atom stereocenters. The molecule has 0 bridgehead atoms. The third-order valence-corrected chi connectivity index (χ3v) is 4.04. The van der Waals surface area contributed by atoms with Crippen molar-refractivity contribution >= 4 is 5.96 Å². The Kier molecular flexibility index (Phi) is 9.41. The standard InChI is InChI=1S/C15H32N4O/c1-3-20-12-4-10-17-15(19-16)18-11-9-14-7-5-13(2)6-8-14/h13-14H,3-12,16H2,1-2H3,(H2,17,18,19). The second-order valence-corrected chi connectivity index (χ2v) is 5.77. The minimum atomic E-state index is 0.700. The van der Waals surface area contributed by atoms with E-state index in [-0.39, 0.29) is 0 Å². The molecule has 1 aliphatic rings. The number of nitrogens with zero attached hydrogens (tertiary/aromatic N) is 1. The van der Waals surface area contributed by atoms with Crippen LogP contribution in [0.1, 0.15) is 52.4 Å². The Bertz CT molecular complexity index is 263. The average molecular weight is 284 g/mol. The summed E-state index contributed by atoms with van der Waals surface area (Å²) in [5, 5.41) is 3.29. The molecule has 4 N–H and O–H groups in total. The van der Waals surface area contributed by atoms with Gasteiger partial charge in [0.15, 0.2) is 0 Å². The van der Waals surface area contributed by atoms with Crippen LogP contribution in [0.2, 0.25) is 0 Å². The van der Waals surface area contributed by atoms with Crippen LogP contribution in [-0.2, 0) is 4.74 Å². The summed E-state index contributed by atoms with van der Waals surface area (Å²) in [4.78, 5) is 4.40. The molecule has 0 aromatic heterocycles. The third kappa shape index (κ3) is 7.70. The molecule has 1 rings (SSSR count). The van der Waals surface area contributed by atoms with Gasteiger partial charge in [0.05, 0.1) is 0 Å². The second-order valence-electron chi connectivity index (χ2n) is 5.77. The van der Waals surface area contributed by atoms with Crippen molar-refractivity contribution < 1.29 is 4.74 Å². The lowest BCUT2D eigenvalue weighted by Gasteiger charge is -2.26. The van der Waals surface area contributed by atoms with Gasteiger partial charge in [0.2, 0.25) is 5.96 Å². The molecule has 0 radical (unpaired) electrons. The van der Waals surface area contributed by atoms with Gasteiger partial charge in [0.1, 0.15) is 0 Å². The molecular weight excluding hydrogens is 252 g/mol. The maximum Gasteiger partial charge on any atom is 0.205 e. The van der Waals surface area contributed by atoms with Crippen molar-refractivity contribution in [1.82, 2.24) is 10.7 Å². The van der Waals surface area contributed by atoms with Crippen LogP contribution in [-0.4, -0.2) is 32.3 Å². The van der Waals surface area contributed by atoms with Gasteiger partial charge in [0.25, 0.3) is 0 Å². The van der Waals surface area contributed by atoms with Crippen molar-refractivity contribution in [3.05, 3.63) is 0 Å². The number of hydrogen-bond donors (Lipinski definition) is 3. The zero-order valence-electron chi connectivity index (χ0n) is 13.2. The minimum Gasteiger partial charge on any atom is -0.382 e. The van der Waals surface area contributed by atoms with Crippen LogP contribution in [0.25, 0.3) is 0 Å². The maximum atomic E-state index is 5.48. The van der Waals surface area contributed by atoms with E-state index >= 15 is 0 Å². The van der Waals surface area contributed by atoms with Gasteiger partial charge < -0.3 is 10.1 Å². The van der Waals surface area contributed by atoms with Crippen LogP contribution in [0, 0.1) is 11.8 Å². The van der Waals surface area contributed by atoms with E-state index in [1.807, 2.05) is 6.92 Å². The average Bonchev–Trinajstić information content (AvgIpc) is 2.47. The number of guanidine groups is 1. The fourth-order valence-corrected chi connectivity index (χ4v) is 2.67. The van der Waals surface area contributed by atoms with Gasteiger partial charge in [0, 0.05) is 26.3 Å². The van der Waals surface area contributed by atoms with Crippen molar-refractivity contribution in [3.8, 4) is 0 Å². The number of nitrogens with one attached hydrogen (secondary N) is 2. The molecule has 1 aliphatic carbocycles. The van der Waals surface area contributed by atoms with Gasteiger partial charge >= 0.3 is 0 Å². The highest BCUT2D eigenvalue weighted by Gasteiger charge is 2.17. The molecule has 118 valence electrons. The van der Waals surface area contributed by atoms with Crippen molar-refractivity contribution in [1.29, 1.82) is 0 Å². The maximum absolute atomic E-state index is 5.48. The van der Waals surface area contributed by atoms with Crippen molar-refractivity contribution in [2.45, 2.75) is 52.4 Å². The lowest BCUT2D eigenvalue weighted by molar-refractivity contribution is 0.146. The van der Waals surface area contributed by atoms with E-state index in [2.05, 4.69) is 22.7 Å². The summed E-state index contributed by atoms with van der Waals surface area (Å²) in [6.07, 6.45) is 7.67. The SMILES string of the molecule is CCOCCCN=C(NN)NCCC1CCC(C)CC1. The van der Waals surface area contributed by atoms with E-state index < -0.39 is 0 Å². The number of hydrogen-bond acceptors (Lipinski definition) is 3. The highest BCUT2D eigenvalue weighted by Crippen LogP contribution is 2.29. The summed E-state index contributed by atoms with van der Waals surface area (Å²) in [6.45, 7) is 7.59. The minimum absolute atomic E-state index is 0.700. The van der Waals surface area contributed by atoms with Crippen LogP contribution in [0.5, 0.6) is 0 Å². The van der Waals surface area contributed by atoms with Gasteiger partial charge in [-0.25, -0.2) is 5.84 Å². The molecule has 0 saturated heterocycles. The molecule has 5 nitrogen and oxygen atoms in total. The van der Waals surface area contributed by atoms with Crippen LogP contribution in [0.3, 0.4) is 0 Å². The number of ether oxygens (including phenoxy) is 1. The molecule has 0 heterocycles. The summed E-state index contributed by atoms with van der Waals surface area (Å²) >= 11 is 0. The molecular formula is C15H32N4O. The Labute approximate surface area is 123 Å². The predicted octanol–water partition coefficient (Wildman–Crippen LogP) is 2.04. The predicted molar refractivity (Wildman–Crippen MR) is 84.5 cm³/mol. The van der Waals surface area contributed by atoms with E-state index in [1.165, 1.54) is 32.1 Å². The van der Waals surface area contributed by atoms with Gasteiger partial charge in [-0.1, -0.05) is 32.6 Å². The van der Waals surface area contributed by atoms with Crippen LogP contribution >= 0.6 is 0 Å². The molecule has 0 aliphatic heterocycles. The Morgan fingerprint density at radius 1 is 1.30 bits per heavy atom. The van der Waals surface area contributed by atoms with Crippen LogP contribution < -0.4 is 16.6 Å². The molecule has 0 aromatic carbocycles. The fraction of sp³-hybridized carbons (Fsp3) is 0.933. The molecule has 1 fully saturated rings. The second kappa shape index (κ2) is 10.9. The Balaban J connectivity index is 2.09. The van der Waals surface area contributed by atoms with E-state index in [1.54, 1.807) is 0 Å². The Hall–Kier alpha value is -0.810. The molecule has 0 amide bonds. The highest BCUT2D eigenvalue weighted by atomic mass is 16.5. The first-order valence-electron chi connectivity index (χ1n) is 8.09. The van der Waals surface area contributed by atoms with E-state index in [0.717, 1.165) is 44.6 Å². The van der Waals surface area contributed by atoms with Gasteiger partial charge in [-0.05, 0) is 31.6 Å². The smallest absolute Gasteiger partial charge is 0.205 e. The lowest BCUT2D eigenvalue weighted by atomic mass is 9.81. The zero-order chi connectivity index (χ0) is 14.6. The first-order chi connectivity index (χ1) is 9.76. The summed E-state index contributed by atoms with van der Waals surface area (Å²) in [6, 6.07) is 0. The largest absolute Gasteiger partial charge is 0.382 e. The summed E-state index contributed by atoms with van der Waals surface area (Å²) in [5.74, 6) is 7.97. The first-order valence-corrected chi connectivity index (χ1v) is 8.09. The van der Waals surface area contributed by atoms with E-state index in [4.69, 9.17) is 10.6 Å². The van der Waals surface area contributed by atoms with Gasteiger partial charge in [-0.15, -0.1) is 0 Å². The number of rotatable bonds is 8. The summed E-state index contributed by atoms with van der Waals surface area (Å²) in [7, 11) is 0. The third-order valence-electron chi connectivity index (χ3n) is 4.04. The Morgan fingerprint density at radius 3 is 2.70 bits per heavy atom. The number of nitrogens with two attached hydrogens (primary N) is 1. The summed E-state index contributed by atoms with van der Waals surface area (Å²) < 4.78 is 5.28. The molecule has 5 heteroatoms. The quantitative estimate of drug-likeness (QED) is 0.210. The van der Waals surface area contributed by atoms with Crippen molar-refractivity contribution in [2.75, 3.05) is 26.3 Å². The number of hydrazine groups is 1. The topological polar surface area (TPSA) is 71.7 Å². The van der Waals surface area contributed by atoms with Gasteiger partial charge in [-0.2, -0.15) is 0 Å². The number of aliphatic imine (C=N–C) groups is 1. The zero-order valence-corrected chi connectivity index (χ0v) is 13.2. The molecule has 1 saturated carbocycles. The molecule has 0 aromatic rings. The fourth-order valence-electron chi connectivity index (χ4n) is 2.67. The van der Waals surface area contributed by atoms with Crippen LogP contribution in [0.4, 0.5) is 0 Å². The van der Waals surface area contributed by atoms with E-state index in [0.29, 0.717) is 5.96 Å². The molecule has 20 heavy (non-hydrogen) atoms. The van der Waals surface area contributed by atoms with Crippen LogP contribution in [0.15, 0.2) is 4.99 Å². The van der Waals surface area contributed by atoms with Gasteiger partial charge in [-0.3, -0.25) is 10.4 Å². The van der Waals surface area contributed by atoms with Crippen molar-refractivity contribution in [3.63, 3.8) is 0 Å². The van der Waals surface area contributed by atoms with Crippen molar-refractivity contribution in [2.24, 2.45) is 22.7 Å². The molecule has 0 atom stereocenters. The first kappa shape index (κ1) is 17.2. The van der Waals surface area contributed by atoms with E-state index in [9.17, 15) is 0 Å².